The van der Waals surface area contributed by atoms with Gasteiger partial charge in [-0.3, -0.25) is 9.59 Å². The first-order chi connectivity index (χ1) is 15.5. The molecule has 0 aromatic carbocycles. The second-order valence-electron chi connectivity index (χ2n) is 8.99. The number of ether oxygens (including phenoxy) is 1. The fourth-order valence-corrected chi connectivity index (χ4v) is 5.37. The molecule has 2 aliphatic carbocycles. The Kier molecular flexibility index (Phi) is 5.88. The molecule has 4 rings (SSSR count). The number of rotatable bonds is 5. The van der Waals surface area contributed by atoms with Gasteiger partial charge in [0.1, 0.15) is 5.78 Å². The van der Waals surface area contributed by atoms with Gasteiger partial charge < -0.3 is 15.4 Å². The van der Waals surface area contributed by atoms with Crippen LogP contribution >= 0.6 is 0 Å². The van der Waals surface area contributed by atoms with Crippen molar-refractivity contribution in [1.29, 1.82) is 0 Å². The van der Waals surface area contributed by atoms with E-state index in [1.54, 1.807) is 38.3 Å². The zero-order chi connectivity index (χ0) is 24.0. The molecule has 33 heavy (non-hydrogen) atoms. The van der Waals surface area contributed by atoms with Crippen LogP contribution < -0.4 is 15.4 Å². The Labute approximate surface area is 193 Å². The van der Waals surface area contributed by atoms with Gasteiger partial charge in [0.2, 0.25) is 5.88 Å². The number of aromatic nitrogens is 1. The number of hydrogen-bond donors (Lipinski definition) is 2. The van der Waals surface area contributed by atoms with Crippen LogP contribution in [0.4, 0.5) is 0 Å². The quantitative estimate of drug-likeness (QED) is 0.673. The summed E-state index contributed by atoms with van der Waals surface area (Å²) in [6.45, 7) is 3.60. The maximum atomic E-state index is 13.3. The van der Waals surface area contributed by atoms with Crippen molar-refractivity contribution in [2.24, 2.45) is 11.8 Å². The van der Waals surface area contributed by atoms with Crippen molar-refractivity contribution in [3.05, 3.63) is 70.8 Å². The fraction of sp³-hybridized carbons (Fsp3) is 0.375. The van der Waals surface area contributed by atoms with E-state index in [1.807, 2.05) is 24.3 Å². The first-order valence-corrected chi connectivity index (χ1v) is 12.5. The van der Waals surface area contributed by atoms with Crippen LogP contribution in [0.3, 0.4) is 0 Å². The number of nitrogens with one attached hydrogen (secondary N) is 2. The minimum Gasteiger partial charge on any atom is -0.481 e. The molecule has 0 saturated carbocycles. The van der Waals surface area contributed by atoms with Crippen LogP contribution in [-0.4, -0.2) is 50.5 Å². The first kappa shape index (κ1) is 23.1. The third-order valence-corrected chi connectivity index (χ3v) is 7.40. The molecule has 1 fully saturated rings. The lowest BCUT2D eigenvalue weighted by molar-refractivity contribution is -0.127. The van der Waals surface area contributed by atoms with Gasteiger partial charge in [-0.05, 0) is 25.5 Å². The molecule has 1 aromatic heterocycles. The highest BCUT2D eigenvalue weighted by atomic mass is 32.2. The molecule has 8 nitrogen and oxygen atoms in total. The molecule has 4 unspecified atom stereocenters. The zero-order valence-electron chi connectivity index (χ0n) is 18.9. The Morgan fingerprint density at radius 1 is 1.12 bits per heavy atom. The van der Waals surface area contributed by atoms with E-state index in [0.29, 0.717) is 5.88 Å². The highest BCUT2D eigenvalue weighted by Crippen LogP contribution is 2.35. The monoisotopic (exact) mass is 469 g/mol. The first-order valence-electron chi connectivity index (χ1n) is 10.6. The number of methoxy groups -OCH3 is 1. The number of sulfone groups is 1. The average Bonchev–Trinajstić information content (AvgIpc) is 2.77. The van der Waals surface area contributed by atoms with E-state index in [1.165, 1.54) is 13.2 Å². The van der Waals surface area contributed by atoms with E-state index in [-0.39, 0.29) is 28.2 Å². The van der Waals surface area contributed by atoms with Crippen molar-refractivity contribution in [2.45, 2.75) is 31.5 Å². The molecule has 4 atom stereocenters. The third-order valence-electron chi connectivity index (χ3n) is 6.24. The minimum atomic E-state index is -3.76. The van der Waals surface area contributed by atoms with Gasteiger partial charge >= 0.3 is 0 Å². The molecule has 0 radical (unpaired) electrons. The van der Waals surface area contributed by atoms with Crippen LogP contribution in [0.5, 0.6) is 5.88 Å². The summed E-state index contributed by atoms with van der Waals surface area (Å²) < 4.78 is 30.3. The van der Waals surface area contributed by atoms with Crippen LogP contribution in [-0.2, 0) is 25.0 Å². The van der Waals surface area contributed by atoms with Crippen molar-refractivity contribution in [3.8, 4) is 5.88 Å². The summed E-state index contributed by atoms with van der Waals surface area (Å²) in [4.78, 5) is 30.5. The largest absolute Gasteiger partial charge is 0.481 e. The number of allylic oxidation sites excluding steroid dienone is 2. The molecule has 1 aromatic rings. The Bertz CT molecular complexity index is 1210. The van der Waals surface area contributed by atoms with Gasteiger partial charge in [-0.25, -0.2) is 13.4 Å². The summed E-state index contributed by atoms with van der Waals surface area (Å²) in [5, 5.41) is 6.29. The van der Waals surface area contributed by atoms with Gasteiger partial charge in [-0.15, -0.1) is 0 Å². The molecule has 1 amide bonds. The van der Waals surface area contributed by atoms with Crippen LogP contribution in [0.2, 0.25) is 0 Å². The summed E-state index contributed by atoms with van der Waals surface area (Å²) in [5.74, 6) is -1.18. The van der Waals surface area contributed by atoms with Crippen LogP contribution in [0.15, 0.2) is 65.3 Å². The van der Waals surface area contributed by atoms with Gasteiger partial charge in [0.25, 0.3) is 5.91 Å². The third kappa shape index (κ3) is 4.43. The molecular formula is C24H27N3O5S. The smallest absolute Gasteiger partial charge is 0.253 e. The standard InChI is InChI=1S/C24H27N3O5S/c1-24(2,14-9-10-21(32-3)25-13-14)27-23(29)17-11-19-16(12-20(17)33(4,30)31)22(28)15-7-5-6-8-18(15)26-19/h5-13,15-16,18-19,26H,1-4H3,(H,27,29). The maximum Gasteiger partial charge on any atom is 0.253 e. The number of Topliss-reactive ketones (excluding diaryl/α,β-unsaturated/α-hetero) is 1. The number of ketones is 1. The fourth-order valence-electron chi connectivity index (χ4n) is 4.42. The molecule has 174 valence electrons. The second-order valence-corrected chi connectivity index (χ2v) is 11.0. The lowest BCUT2D eigenvalue weighted by Gasteiger charge is -2.40. The average molecular weight is 470 g/mol. The minimum absolute atomic E-state index is 0.0300. The SMILES string of the molecule is COc1ccc(C(C)(C)NC(=O)C2=CC3NC4C=CC=CC4C(=O)C3C=C2S(C)(=O)=O)cn1. The molecule has 0 bridgehead atoms. The lowest BCUT2D eigenvalue weighted by Crippen LogP contribution is -2.57. The van der Waals surface area contributed by atoms with Crippen molar-refractivity contribution in [3.63, 3.8) is 0 Å². The van der Waals surface area contributed by atoms with Gasteiger partial charge in [-0.1, -0.05) is 36.5 Å². The number of fused-ring (bicyclic) bond motifs is 2. The molecule has 1 saturated heterocycles. The van der Waals surface area contributed by atoms with Crippen LogP contribution in [0, 0.1) is 11.8 Å². The van der Waals surface area contributed by atoms with Crippen molar-refractivity contribution in [1.82, 2.24) is 15.6 Å². The molecule has 1 aliphatic heterocycles. The Balaban J connectivity index is 1.65. The van der Waals surface area contributed by atoms with Gasteiger partial charge in [0.05, 0.1) is 35.0 Å². The number of carbonyl (C=O) groups is 2. The van der Waals surface area contributed by atoms with E-state index in [9.17, 15) is 18.0 Å². The molecular weight excluding hydrogens is 442 g/mol. The number of nitrogens with zero attached hydrogens (tertiary/aromatic N) is 1. The van der Waals surface area contributed by atoms with Crippen LogP contribution in [0.25, 0.3) is 0 Å². The number of piperidine rings is 1. The van der Waals surface area contributed by atoms with E-state index >= 15 is 0 Å². The maximum absolute atomic E-state index is 13.3. The predicted octanol–water partition coefficient (Wildman–Crippen LogP) is 1.58. The van der Waals surface area contributed by atoms with Gasteiger partial charge in [0, 0.05) is 30.6 Å². The Morgan fingerprint density at radius 2 is 1.85 bits per heavy atom. The summed E-state index contributed by atoms with van der Waals surface area (Å²) in [6.07, 6.45) is 13.0. The van der Waals surface area contributed by atoms with E-state index in [2.05, 4.69) is 15.6 Å². The Morgan fingerprint density at radius 3 is 2.48 bits per heavy atom. The number of hydrogen-bond acceptors (Lipinski definition) is 7. The van der Waals surface area contributed by atoms with Crippen molar-refractivity contribution < 1.29 is 22.7 Å². The molecule has 3 aliphatic rings. The summed E-state index contributed by atoms with van der Waals surface area (Å²) >= 11 is 0. The van der Waals surface area contributed by atoms with E-state index in [4.69, 9.17) is 4.74 Å². The topological polar surface area (TPSA) is 114 Å². The lowest BCUT2D eigenvalue weighted by atomic mass is 9.74. The Hall–Kier alpha value is -3.04. The molecule has 0 spiro atoms. The summed E-state index contributed by atoms with van der Waals surface area (Å²) in [7, 11) is -2.25. The van der Waals surface area contributed by atoms with Crippen LogP contribution in [0.1, 0.15) is 19.4 Å². The normalized spacial score (nSPS) is 26.6. The number of pyridine rings is 1. The predicted molar refractivity (Wildman–Crippen MR) is 124 cm³/mol. The zero-order valence-corrected chi connectivity index (χ0v) is 19.7. The van der Waals surface area contributed by atoms with E-state index in [0.717, 1.165) is 11.8 Å². The highest BCUT2D eigenvalue weighted by Gasteiger charge is 2.44. The summed E-state index contributed by atoms with van der Waals surface area (Å²) in [6, 6.07) is 2.80. The molecule has 2 heterocycles. The number of amides is 1. The molecule has 2 N–H and O–H groups in total. The van der Waals surface area contributed by atoms with Gasteiger partial charge in [0.15, 0.2) is 9.84 Å². The highest BCUT2D eigenvalue weighted by molar-refractivity contribution is 7.94. The van der Waals surface area contributed by atoms with Crippen molar-refractivity contribution >= 4 is 21.5 Å². The van der Waals surface area contributed by atoms with E-state index < -0.39 is 33.2 Å². The summed E-state index contributed by atoms with van der Waals surface area (Å²) in [5.41, 5.74) is -0.0831. The molecule has 9 heteroatoms. The second kappa shape index (κ2) is 8.39. The number of carbonyl (C=O) groups excluding carboxylic acids is 2. The van der Waals surface area contributed by atoms with Gasteiger partial charge in [-0.2, -0.15) is 0 Å². The van der Waals surface area contributed by atoms with Crippen molar-refractivity contribution in [2.75, 3.05) is 13.4 Å².